The predicted molar refractivity (Wildman–Crippen MR) is 96.3 cm³/mol. The minimum Gasteiger partial charge on any atom is -0.341 e. The molecule has 0 spiro atoms. The highest BCUT2D eigenvalue weighted by molar-refractivity contribution is 7.99. The van der Waals surface area contributed by atoms with E-state index in [0.717, 1.165) is 29.5 Å². The van der Waals surface area contributed by atoms with Gasteiger partial charge in [0.2, 0.25) is 5.91 Å². The Balaban J connectivity index is 1.67. The largest absolute Gasteiger partial charge is 0.341 e. The molecule has 1 aromatic carbocycles. The Bertz CT molecular complexity index is 705. The van der Waals surface area contributed by atoms with Crippen molar-refractivity contribution in [3.8, 4) is 5.69 Å². The highest BCUT2D eigenvalue weighted by atomic mass is 32.2. The van der Waals surface area contributed by atoms with Crippen LogP contribution in [0.15, 0.2) is 35.7 Å². The summed E-state index contributed by atoms with van der Waals surface area (Å²) in [7, 11) is 0. The van der Waals surface area contributed by atoms with Crippen LogP contribution in [0.4, 0.5) is 0 Å². The lowest BCUT2D eigenvalue weighted by Crippen LogP contribution is -2.43. The molecule has 0 saturated carbocycles. The van der Waals surface area contributed by atoms with Gasteiger partial charge in [0.25, 0.3) is 0 Å². The van der Waals surface area contributed by atoms with E-state index in [1.807, 2.05) is 27.7 Å². The second kappa shape index (κ2) is 7.38. The maximum Gasteiger partial charge on any atom is 0.233 e. The van der Waals surface area contributed by atoms with Gasteiger partial charge in [-0.05, 0) is 36.8 Å². The molecule has 0 bridgehead atoms. The fourth-order valence-electron chi connectivity index (χ4n) is 3.41. The van der Waals surface area contributed by atoms with Gasteiger partial charge < -0.3 is 4.90 Å². The first-order chi connectivity index (χ1) is 11.5. The molecule has 0 unspecified atom stereocenters. The van der Waals surface area contributed by atoms with Crippen LogP contribution in [-0.4, -0.2) is 44.4 Å². The van der Waals surface area contributed by atoms with Crippen LogP contribution in [0.3, 0.4) is 0 Å². The summed E-state index contributed by atoms with van der Waals surface area (Å²) in [5.74, 6) is 1.76. The second-order valence-electron chi connectivity index (χ2n) is 6.80. The number of hydrogen-bond donors (Lipinski definition) is 0. The smallest absolute Gasteiger partial charge is 0.233 e. The third kappa shape index (κ3) is 3.80. The first-order valence-corrected chi connectivity index (χ1v) is 9.39. The zero-order chi connectivity index (χ0) is 17.1. The summed E-state index contributed by atoms with van der Waals surface area (Å²) >= 11 is 1.46. The number of rotatable bonds is 4. The van der Waals surface area contributed by atoms with Gasteiger partial charge in [0.15, 0.2) is 5.16 Å². The monoisotopic (exact) mass is 344 g/mol. The van der Waals surface area contributed by atoms with Crippen LogP contribution in [-0.2, 0) is 4.79 Å². The molecule has 24 heavy (non-hydrogen) atoms. The van der Waals surface area contributed by atoms with E-state index >= 15 is 0 Å². The molecule has 2 aromatic rings. The van der Waals surface area contributed by atoms with Gasteiger partial charge in [-0.25, -0.2) is 0 Å². The average Bonchev–Trinajstić information content (AvgIpc) is 3.00. The third-order valence-corrected chi connectivity index (χ3v) is 5.37. The molecule has 0 aliphatic carbocycles. The molecule has 0 N–H and O–H groups in total. The number of benzene rings is 1. The highest BCUT2D eigenvalue weighted by Crippen LogP contribution is 2.24. The van der Waals surface area contributed by atoms with Crippen LogP contribution in [0.2, 0.25) is 0 Å². The number of hydrogen-bond acceptors (Lipinski definition) is 4. The Kier molecular flexibility index (Phi) is 5.23. The van der Waals surface area contributed by atoms with Crippen molar-refractivity contribution in [1.29, 1.82) is 0 Å². The Morgan fingerprint density at radius 1 is 1.25 bits per heavy atom. The van der Waals surface area contributed by atoms with Crippen LogP contribution >= 0.6 is 11.8 Å². The third-order valence-electron chi connectivity index (χ3n) is 4.44. The van der Waals surface area contributed by atoms with Crippen molar-refractivity contribution < 1.29 is 4.79 Å². The fourth-order valence-corrected chi connectivity index (χ4v) is 4.23. The van der Waals surface area contributed by atoms with Gasteiger partial charge in [0, 0.05) is 13.1 Å². The molecule has 1 fully saturated rings. The lowest BCUT2D eigenvalue weighted by atomic mass is 9.92. The summed E-state index contributed by atoms with van der Waals surface area (Å²) < 4.78 is 1.95. The SMILES string of the molecule is Cc1ccccc1-n1cnnc1SCC(=O)N1C[C@H](C)C[C@H](C)C1. The number of amides is 1. The molecule has 1 aliphatic rings. The van der Waals surface area contributed by atoms with Gasteiger partial charge in [-0.2, -0.15) is 0 Å². The van der Waals surface area contributed by atoms with E-state index in [1.165, 1.54) is 18.2 Å². The van der Waals surface area contributed by atoms with Crippen LogP contribution in [0.25, 0.3) is 5.69 Å². The summed E-state index contributed by atoms with van der Waals surface area (Å²) in [4.78, 5) is 14.5. The molecule has 1 aliphatic heterocycles. The summed E-state index contributed by atoms with van der Waals surface area (Å²) in [6, 6.07) is 8.11. The van der Waals surface area contributed by atoms with Gasteiger partial charge in [0.1, 0.15) is 6.33 Å². The lowest BCUT2D eigenvalue weighted by Gasteiger charge is -2.34. The van der Waals surface area contributed by atoms with E-state index < -0.39 is 0 Å². The highest BCUT2D eigenvalue weighted by Gasteiger charge is 2.25. The number of carbonyl (C=O) groups is 1. The summed E-state index contributed by atoms with van der Waals surface area (Å²) in [5, 5.41) is 8.97. The first-order valence-electron chi connectivity index (χ1n) is 8.41. The van der Waals surface area contributed by atoms with E-state index in [-0.39, 0.29) is 5.91 Å². The first kappa shape index (κ1) is 17.0. The molecule has 2 heterocycles. The number of aromatic nitrogens is 3. The summed E-state index contributed by atoms with van der Waals surface area (Å²) in [6.45, 7) is 8.24. The normalized spacial score (nSPS) is 21.0. The van der Waals surface area contributed by atoms with Crippen LogP contribution < -0.4 is 0 Å². The minimum atomic E-state index is 0.192. The molecule has 128 valence electrons. The Morgan fingerprint density at radius 2 is 1.96 bits per heavy atom. The average molecular weight is 344 g/mol. The number of aryl methyl sites for hydroxylation is 1. The van der Waals surface area contributed by atoms with Gasteiger partial charge in [-0.15, -0.1) is 10.2 Å². The molecule has 5 nitrogen and oxygen atoms in total. The molecule has 1 saturated heterocycles. The van der Waals surface area contributed by atoms with Crippen molar-refractivity contribution in [2.45, 2.75) is 32.3 Å². The van der Waals surface area contributed by atoms with Crippen LogP contribution in [0.1, 0.15) is 25.8 Å². The quantitative estimate of drug-likeness (QED) is 0.800. The van der Waals surface area contributed by atoms with Crippen molar-refractivity contribution in [1.82, 2.24) is 19.7 Å². The van der Waals surface area contributed by atoms with Crippen LogP contribution in [0.5, 0.6) is 0 Å². The molecular formula is C18H24N4OS. The summed E-state index contributed by atoms with van der Waals surface area (Å²) in [5.41, 5.74) is 2.21. The van der Waals surface area contributed by atoms with Gasteiger partial charge in [-0.3, -0.25) is 9.36 Å². The summed E-state index contributed by atoms with van der Waals surface area (Å²) in [6.07, 6.45) is 2.92. The van der Waals surface area contributed by atoms with Crippen LogP contribution in [0, 0.1) is 18.8 Å². The number of nitrogens with zero attached hydrogens (tertiary/aromatic N) is 4. The number of para-hydroxylation sites is 1. The van der Waals surface area contributed by atoms with Crippen molar-refractivity contribution in [2.75, 3.05) is 18.8 Å². The zero-order valence-corrected chi connectivity index (χ0v) is 15.3. The molecular weight excluding hydrogens is 320 g/mol. The molecule has 3 rings (SSSR count). The molecule has 1 amide bonds. The minimum absolute atomic E-state index is 0.192. The molecule has 0 radical (unpaired) electrons. The van der Waals surface area contributed by atoms with E-state index in [9.17, 15) is 4.79 Å². The predicted octanol–water partition coefficient (Wildman–Crippen LogP) is 3.17. The Labute approximate surface area is 147 Å². The van der Waals surface area contributed by atoms with Gasteiger partial charge in [0.05, 0.1) is 11.4 Å². The number of carbonyl (C=O) groups excluding carboxylic acids is 1. The van der Waals surface area contributed by atoms with E-state index in [1.54, 1.807) is 6.33 Å². The van der Waals surface area contributed by atoms with E-state index in [0.29, 0.717) is 17.6 Å². The van der Waals surface area contributed by atoms with E-state index in [2.05, 4.69) is 37.0 Å². The Morgan fingerprint density at radius 3 is 2.67 bits per heavy atom. The standard InChI is InChI=1S/C18H24N4OS/c1-13-8-14(2)10-21(9-13)17(23)11-24-18-20-19-12-22(18)16-7-5-4-6-15(16)3/h4-7,12-14H,8-11H2,1-3H3/t13-,14+. The van der Waals surface area contributed by atoms with Gasteiger partial charge >= 0.3 is 0 Å². The van der Waals surface area contributed by atoms with Gasteiger partial charge in [-0.1, -0.05) is 43.8 Å². The molecule has 2 atom stereocenters. The molecule has 1 aromatic heterocycles. The van der Waals surface area contributed by atoms with Crippen molar-refractivity contribution in [3.63, 3.8) is 0 Å². The Hall–Kier alpha value is -1.82. The zero-order valence-electron chi connectivity index (χ0n) is 14.5. The van der Waals surface area contributed by atoms with E-state index in [4.69, 9.17) is 0 Å². The van der Waals surface area contributed by atoms with Crippen molar-refractivity contribution >= 4 is 17.7 Å². The second-order valence-corrected chi connectivity index (χ2v) is 7.75. The maximum atomic E-state index is 12.5. The topological polar surface area (TPSA) is 51.0 Å². The number of thioether (sulfide) groups is 1. The number of likely N-dealkylation sites (tertiary alicyclic amines) is 1. The maximum absolute atomic E-state index is 12.5. The lowest BCUT2D eigenvalue weighted by molar-refractivity contribution is -0.130. The van der Waals surface area contributed by atoms with Crippen molar-refractivity contribution in [2.24, 2.45) is 11.8 Å². The molecule has 6 heteroatoms. The van der Waals surface area contributed by atoms with Crippen molar-refractivity contribution in [3.05, 3.63) is 36.2 Å². The number of piperidine rings is 1. The fraction of sp³-hybridized carbons (Fsp3) is 0.500.